The molecule has 0 radical (unpaired) electrons. The lowest BCUT2D eigenvalue weighted by atomic mass is 10.2. The van der Waals surface area contributed by atoms with Gasteiger partial charge in [0, 0.05) is 33.0 Å². The molecule has 1 aliphatic rings. The molecule has 14 heavy (non-hydrogen) atoms. The summed E-state index contributed by atoms with van der Waals surface area (Å²) in [7, 11) is 0. The van der Waals surface area contributed by atoms with Crippen molar-refractivity contribution in [3.63, 3.8) is 0 Å². The highest BCUT2D eigenvalue weighted by atomic mass is 32.2. The van der Waals surface area contributed by atoms with Crippen LogP contribution in [0.5, 0.6) is 0 Å². The van der Waals surface area contributed by atoms with E-state index >= 15 is 0 Å². The Hall–Kier alpha value is 1.40. The third-order valence-corrected chi connectivity index (χ3v) is 6.12. The standard InChI is InChI=1S/C10H20S4/c1-2-8(11)5-13-6-9(12)3-4-10-7-14-10/h8-12H,2-7H2,1H3. The van der Waals surface area contributed by atoms with Crippen LogP contribution >= 0.6 is 48.8 Å². The van der Waals surface area contributed by atoms with Crippen molar-refractivity contribution in [1.82, 2.24) is 0 Å². The SMILES string of the molecule is CCC(S)CSCC(S)CCC1CS1. The predicted octanol–water partition coefficient (Wildman–Crippen LogP) is 3.62. The van der Waals surface area contributed by atoms with Gasteiger partial charge in [0.15, 0.2) is 0 Å². The number of rotatable bonds is 8. The number of thioether (sulfide) groups is 2. The zero-order chi connectivity index (χ0) is 10.4. The average molecular weight is 269 g/mol. The van der Waals surface area contributed by atoms with Crippen LogP contribution in [0.1, 0.15) is 26.2 Å². The Labute approximate surface area is 108 Å². The summed E-state index contributed by atoms with van der Waals surface area (Å²) in [6, 6.07) is 0. The molecule has 3 atom stereocenters. The molecule has 1 fully saturated rings. The summed E-state index contributed by atoms with van der Waals surface area (Å²) >= 11 is 13.2. The van der Waals surface area contributed by atoms with Crippen molar-refractivity contribution in [2.75, 3.05) is 17.3 Å². The zero-order valence-corrected chi connectivity index (χ0v) is 12.1. The average Bonchev–Trinajstić information content (AvgIpc) is 2.98. The number of hydrogen-bond donors (Lipinski definition) is 2. The van der Waals surface area contributed by atoms with Crippen LogP contribution in [0.4, 0.5) is 0 Å². The Bertz CT molecular complexity index is 147. The second kappa shape index (κ2) is 7.64. The third kappa shape index (κ3) is 6.81. The van der Waals surface area contributed by atoms with Gasteiger partial charge in [-0.05, 0) is 19.3 Å². The van der Waals surface area contributed by atoms with Gasteiger partial charge in [0.2, 0.25) is 0 Å². The van der Waals surface area contributed by atoms with Crippen LogP contribution in [0.25, 0.3) is 0 Å². The lowest BCUT2D eigenvalue weighted by Gasteiger charge is -2.11. The van der Waals surface area contributed by atoms with E-state index in [4.69, 9.17) is 0 Å². The van der Waals surface area contributed by atoms with Crippen LogP contribution in [0.2, 0.25) is 0 Å². The Morgan fingerprint density at radius 1 is 1.36 bits per heavy atom. The minimum absolute atomic E-state index is 0.569. The van der Waals surface area contributed by atoms with E-state index in [1.807, 2.05) is 11.8 Å². The van der Waals surface area contributed by atoms with Gasteiger partial charge in [-0.15, -0.1) is 0 Å². The van der Waals surface area contributed by atoms with Gasteiger partial charge in [-0.25, -0.2) is 0 Å². The fraction of sp³-hybridized carbons (Fsp3) is 1.00. The Morgan fingerprint density at radius 3 is 2.57 bits per heavy atom. The fourth-order valence-electron chi connectivity index (χ4n) is 1.15. The van der Waals surface area contributed by atoms with Crippen molar-refractivity contribution in [2.24, 2.45) is 0 Å². The maximum atomic E-state index is 4.61. The molecule has 84 valence electrons. The van der Waals surface area contributed by atoms with E-state index in [9.17, 15) is 0 Å². The molecule has 0 bridgehead atoms. The molecule has 1 heterocycles. The van der Waals surface area contributed by atoms with Gasteiger partial charge in [-0.2, -0.15) is 48.8 Å². The van der Waals surface area contributed by atoms with E-state index in [1.54, 1.807) is 0 Å². The molecule has 1 aliphatic heterocycles. The third-order valence-electron chi connectivity index (χ3n) is 2.32. The summed E-state index contributed by atoms with van der Waals surface area (Å²) in [5.74, 6) is 3.76. The summed E-state index contributed by atoms with van der Waals surface area (Å²) in [6.45, 7) is 2.20. The van der Waals surface area contributed by atoms with Gasteiger partial charge in [-0.3, -0.25) is 0 Å². The van der Waals surface area contributed by atoms with Crippen LogP contribution in [-0.4, -0.2) is 33.0 Å². The molecule has 0 aromatic heterocycles. The fourth-order valence-corrected chi connectivity index (χ4v) is 3.62. The van der Waals surface area contributed by atoms with Crippen LogP contribution in [0.15, 0.2) is 0 Å². The van der Waals surface area contributed by atoms with E-state index in [0.29, 0.717) is 10.5 Å². The lowest BCUT2D eigenvalue weighted by Crippen LogP contribution is -2.07. The maximum Gasteiger partial charge on any atom is 0.0139 e. The normalized spacial score (nSPS) is 24.6. The molecule has 0 amide bonds. The minimum Gasteiger partial charge on any atom is -0.175 e. The maximum absolute atomic E-state index is 4.61. The molecule has 0 nitrogen and oxygen atoms in total. The van der Waals surface area contributed by atoms with Gasteiger partial charge in [-0.1, -0.05) is 6.92 Å². The Balaban J connectivity index is 1.88. The van der Waals surface area contributed by atoms with Gasteiger partial charge < -0.3 is 0 Å². The first kappa shape index (κ1) is 13.5. The van der Waals surface area contributed by atoms with Crippen LogP contribution in [0, 0.1) is 0 Å². The number of hydrogen-bond acceptors (Lipinski definition) is 4. The quantitative estimate of drug-likeness (QED) is 0.510. The molecule has 0 saturated carbocycles. The minimum atomic E-state index is 0.569. The van der Waals surface area contributed by atoms with Gasteiger partial charge in [0.25, 0.3) is 0 Å². The molecule has 1 rings (SSSR count). The van der Waals surface area contributed by atoms with Crippen LogP contribution in [-0.2, 0) is 0 Å². The van der Waals surface area contributed by atoms with Crippen LogP contribution in [0.3, 0.4) is 0 Å². The summed E-state index contributed by atoms with van der Waals surface area (Å²) in [6.07, 6.45) is 3.83. The summed E-state index contributed by atoms with van der Waals surface area (Å²) < 4.78 is 0. The summed E-state index contributed by atoms with van der Waals surface area (Å²) in [4.78, 5) is 0. The molecule has 1 saturated heterocycles. The molecular weight excluding hydrogens is 248 g/mol. The molecule has 0 aromatic carbocycles. The first-order valence-corrected chi connectivity index (χ1v) is 8.51. The molecule has 4 heteroatoms. The van der Waals surface area contributed by atoms with Crippen molar-refractivity contribution in [3.05, 3.63) is 0 Å². The molecule has 3 unspecified atom stereocenters. The van der Waals surface area contributed by atoms with E-state index in [0.717, 1.165) is 5.25 Å². The van der Waals surface area contributed by atoms with E-state index in [2.05, 4.69) is 43.9 Å². The molecule has 0 spiro atoms. The highest BCUT2D eigenvalue weighted by Gasteiger charge is 2.22. The zero-order valence-electron chi connectivity index (χ0n) is 8.69. The largest absolute Gasteiger partial charge is 0.175 e. The second-order valence-electron chi connectivity index (χ2n) is 3.79. The van der Waals surface area contributed by atoms with Crippen molar-refractivity contribution in [3.8, 4) is 0 Å². The lowest BCUT2D eigenvalue weighted by molar-refractivity contribution is 0.761. The van der Waals surface area contributed by atoms with Crippen molar-refractivity contribution in [1.29, 1.82) is 0 Å². The smallest absolute Gasteiger partial charge is 0.0139 e. The topological polar surface area (TPSA) is 0 Å². The van der Waals surface area contributed by atoms with Gasteiger partial charge >= 0.3 is 0 Å². The molecule has 0 aliphatic carbocycles. The summed E-state index contributed by atoms with van der Waals surface area (Å²) in [5.41, 5.74) is 0. The highest BCUT2D eigenvalue weighted by molar-refractivity contribution is 8.06. The van der Waals surface area contributed by atoms with Gasteiger partial charge in [0.05, 0.1) is 0 Å². The summed E-state index contributed by atoms with van der Waals surface area (Å²) in [5, 5.41) is 2.14. The molecular formula is C10H20S4. The Kier molecular flexibility index (Phi) is 7.35. The first-order chi connectivity index (χ1) is 6.72. The van der Waals surface area contributed by atoms with E-state index in [1.165, 1.54) is 36.5 Å². The first-order valence-electron chi connectivity index (χ1n) is 5.27. The molecule has 0 N–H and O–H groups in total. The van der Waals surface area contributed by atoms with Crippen molar-refractivity contribution >= 4 is 48.8 Å². The number of thiol groups is 2. The van der Waals surface area contributed by atoms with Crippen LogP contribution < -0.4 is 0 Å². The van der Waals surface area contributed by atoms with E-state index in [-0.39, 0.29) is 0 Å². The van der Waals surface area contributed by atoms with Crippen molar-refractivity contribution in [2.45, 2.75) is 41.9 Å². The predicted molar refractivity (Wildman–Crippen MR) is 78.6 cm³/mol. The van der Waals surface area contributed by atoms with Crippen molar-refractivity contribution < 1.29 is 0 Å². The van der Waals surface area contributed by atoms with Gasteiger partial charge in [0.1, 0.15) is 0 Å². The monoisotopic (exact) mass is 268 g/mol. The molecule has 0 aromatic rings. The second-order valence-corrected chi connectivity index (χ2v) is 7.65. The highest BCUT2D eigenvalue weighted by Crippen LogP contribution is 2.35. The Morgan fingerprint density at radius 2 is 2.00 bits per heavy atom. The van der Waals surface area contributed by atoms with E-state index < -0.39 is 0 Å².